The van der Waals surface area contributed by atoms with E-state index in [4.69, 9.17) is 0 Å². The van der Waals surface area contributed by atoms with E-state index in [2.05, 4.69) is 83.3 Å². The van der Waals surface area contributed by atoms with Crippen molar-refractivity contribution in [3.05, 3.63) is 23.8 Å². The quantitative estimate of drug-likeness (QED) is 0.653. The Bertz CT molecular complexity index is 464. The molecule has 0 spiro atoms. The summed E-state index contributed by atoms with van der Waals surface area (Å²) in [5, 5.41) is 0. The number of aryl methyl sites for hydroxylation is 1. The van der Waals surface area contributed by atoms with E-state index in [0.29, 0.717) is 10.7 Å². The Morgan fingerprint density at radius 1 is 1.05 bits per heavy atom. The number of rotatable bonds is 2. The first-order valence-corrected chi connectivity index (χ1v) is 8.96. The first kappa shape index (κ1) is 15.3. The number of benzene rings is 1. The van der Waals surface area contributed by atoms with Crippen molar-refractivity contribution in [1.29, 1.82) is 0 Å². The SMILES string of the molecule is CCc1ccc2c(c1)SC(C)(C)C(C)C(C)(CC)S2. The summed E-state index contributed by atoms with van der Waals surface area (Å²) in [4.78, 5) is 2.96. The monoisotopic (exact) mass is 294 g/mol. The van der Waals surface area contributed by atoms with Crippen molar-refractivity contribution in [3.8, 4) is 0 Å². The lowest BCUT2D eigenvalue weighted by molar-refractivity contribution is 0.353. The molecule has 0 N–H and O–H groups in total. The molecule has 0 radical (unpaired) electrons. The van der Waals surface area contributed by atoms with Crippen LogP contribution in [0.4, 0.5) is 0 Å². The zero-order valence-corrected chi connectivity index (χ0v) is 14.7. The molecule has 0 fully saturated rings. The van der Waals surface area contributed by atoms with E-state index in [9.17, 15) is 0 Å². The van der Waals surface area contributed by atoms with Gasteiger partial charge in [-0.1, -0.05) is 40.7 Å². The standard InChI is InChI=1S/C17H26S2/c1-7-13-9-10-14-15(11-13)18-16(4,5)12(3)17(6,8-2)19-14/h9-12H,7-8H2,1-6H3. The molecule has 106 valence electrons. The molecular formula is C17H26S2. The van der Waals surface area contributed by atoms with Crippen molar-refractivity contribution in [1.82, 2.24) is 0 Å². The maximum atomic E-state index is 2.44. The van der Waals surface area contributed by atoms with E-state index in [1.807, 2.05) is 0 Å². The van der Waals surface area contributed by atoms with E-state index >= 15 is 0 Å². The second-order valence-electron chi connectivity index (χ2n) is 6.33. The predicted molar refractivity (Wildman–Crippen MR) is 89.5 cm³/mol. The van der Waals surface area contributed by atoms with Gasteiger partial charge < -0.3 is 0 Å². The van der Waals surface area contributed by atoms with Crippen LogP contribution in [-0.2, 0) is 6.42 Å². The highest BCUT2D eigenvalue weighted by atomic mass is 32.2. The molecule has 1 aliphatic heterocycles. The van der Waals surface area contributed by atoms with Gasteiger partial charge in [-0.3, -0.25) is 0 Å². The van der Waals surface area contributed by atoms with Gasteiger partial charge in [-0.2, -0.15) is 0 Å². The van der Waals surface area contributed by atoms with E-state index in [0.717, 1.165) is 6.42 Å². The lowest BCUT2D eigenvalue weighted by Crippen LogP contribution is -2.39. The third-order valence-electron chi connectivity index (χ3n) is 4.79. The summed E-state index contributed by atoms with van der Waals surface area (Å²) < 4.78 is 0.616. The molecule has 1 aliphatic rings. The average molecular weight is 295 g/mol. The maximum absolute atomic E-state index is 2.44. The van der Waals surface area contributed by atoms with Gasteiger partial charge in [0.15, 0.2) is 0 Å². The van der Waals surface area contributed by atoms with Crippen LogP contribution < -0.4 is 0 Å². The minimum absolute atomic E-state index is 0.287. The molecule has 1 heterocycles. The van der Waals surface area contributed by atoms with Gasteiger partial charge in [0.1, 0.15) is 0 Å². The molecule has 2 unspecified atom stereocenters. The van der Waals surface area contributed by atoms with E-state index in [-0.39, 0.29) is 4.75 Å². The van der Waals surface area contributed by atoms with Crippen LogP contribution in [0.5, 0.6) is 0 Å². The molecule has 0 amide bonds. The first-order chi connectivity index (χ1) is 8.82. The highest BCUT2D eigenvalue weighted by Gasteiger charge is 2.43. The smallest absolute Gasteiger partial charge is 0.0216 e. The fourth-order valence-corrected chi connectivity index (χ4v) is 5.88. The van der Waals surface area contributed by atoms with E-state index in [1.54, 1.807) is 0 Å². The molecular weight excluding hydrogens is 268 g/mol. The van der Waals surface area contributed by atoms with Crippen molar-refractivity contribution >= 4 is 23.5 Å². The average Bonchev–Trinajstić information content (AvgIpc) is 2.45. The normalized spacial score (nSPS) is 29.7. The topological polar surface area (TPSA) is 0 Å². The Kier molecular flexibility index (Phi) is 4.32. The van der Waals surface area contributed by atoms with Gasteiger partial charge in [-0.05, 0) is 43.4 Å². The number of hydrogen-bond acceptors (Lipinski definition) is 2. The van der Waals surface area contributed by atoms with Crippen LogP contribution in [0.2, 0.25) is 0 Å². The molecule has 2 heteroatoms. The molecule has 0 nitrogen and oxygen atoms in total. The second-order valence-corrected chi connectivity index (χ2v) is 9.60. The third kappa shape index (κ3) is 2.85. The van der Waals surface area contributed by atoms with Gasteiger partial charge >= 0.3 is 0 Å². The highest BCUT2D eigenvalue weighted by molar-refractivity contribution is 8.04. The number of fused-ring (bicyclic) bond motifs is 1. The Morgan fingerprint density at radius 2 is 1.74 bits per heavy atom. The molecule has 0 saturated heterocycles. The lowest BCUT2D eigenvalue weighted by atomic mass is 9.83. The summed E-state index contributed by atoms with van der Waals surface area (Å²) >= 11 is 4.16. The molecule has 2 atom stereocenters. The highest BCUT2D eigenvalue weighted by Crippen LogP contribution is 2.56. The second kappa shape index (κ2) is 5.37. The molecule has 1 aromatic carbocycles. The summed E-state index contributed by atoms with van der Waals surface area (Å²) in [6.45, 7) is 14.2. The fourth-order valence-electron chi connectivity index (χ4n) is 2.76. The van der Waals surface area contributed by atoms with Gasteiger partial charge in [0.2, 0.25) is 0 Å². The fraction of sp³-hybridized carbons (Fsp3) is 0.647. The minimum Gasteiger partial charge on any atom is -0.118 e. The molecule has 2 rings (SSSR count). The van der Waals surface area contributed by atoms with E-state index in [1.165, 1.54) is 21.8 Å². The summed E-state index contributed by atoms with van der Waals surface area (Å²) in [6, 6.07) is 7.04. The molecule has 1 aromatic rings. The van der Waals surface area contributed by atoms with Crippen LogP contribution in [0.15, 0.2) is 28.0 Å². The van der Waals surface area contributed by atoms with Crippen LogP contribution in [-0.4, -0.2) is 9.49 Å². The minimum atomic E-state index is 0.287. The van der Waals surface area contributed by atoms with Crippen molar-refractivity contribution in [2.24, 2.45) is 5.92 Å². The Hall–Kier alpha value is -0.0800. The summed E-state index contributed by atoms with van der Waals surface area (Å²) in [7, 11) is 0. The number of thioether (sulfide) groups is 2. The van der Waals surface area contributed by atoms with Crippen molar-refractivity contribution in [3.63, 3.8) is 0 Å². The zero-order valence-electron chi connectivity index (χ0n) is 13.0. The van der Waals surface area contributed by atoms with Crippen LogP contribution in [0.1, 0.15) is 53.5 Å². The van der Waals surface area contributed by atoms with Crippen LogP contribution >= 0.6 is 23.5 Å². The lowest BCUT2D eigenvalue weighted by Gasteiger charge is -2.41. The van der Waals surface area contributed by atoms with Crippen molar-refractivity contribution in [2.75, 3.05) is 0 Å². The van der Waals surface area contributed by atoms with Crippen LogP contribution in [0, 0.1) is 5.92 Å². The molecule has 0 aromatic heterocycles. The maximum Gasteiger partial charge on any atom is 0.0216 e. The Morgan fingerprint density at radius 3 is 2.32 bits per heavy atom. The van der Waals surface area contributed by atoms with Gasteiger partial charge in [-0.15, -0.1) is 23.5 Å². The van der Waals surface area contributed by atoms with Crippen LogP contribution in [0.3, 0.4) is 0 Å². The van der Waals surface area contributed by atoms with Gasteiger partial charge in [-0.25, -0.2) is 0 Å². The molecule has 19 heavy (non-hydrogen) atoms. The third-order valence-corrected chi connectivity index (χ3v) is 8.04. The predicted octanol–water partition coefficient (Wildman–Crippen LogP) is 6.03. The van der Waals surface area contributed by atoms with E-state index < -0.39 is 0 Å². The van der Waals surface area contributed by atoms with Crippen LogP contribution in [0.25, 0.3) is 0 Å². The molecule has 0 saturated carbocycles. The summed E-state index contributed by atoms with van der Waals surface area (Å²) in [6.07, 6.45) is 2.34. The van der Waals surface area contributed by atoms with Gasteiger partial charge in [0, 0.05) is 19.3 Å². The summed E-state index contributed by atoms with van der Waals surface area (Å²) in [5.41, 5.74) is 1.45. The molecule has 0 bridgehead atoms. The largest absolute Gasteiger partial charge is 0.118 e. The van der Waals surface area contributed by atoms with Gasteiger partial charge in [0.25, 0.3) is 0 Å². The molecule has 0 aliphatic carbocycles. The summed E-state index contributed by atoms with van der Waals surface area (Å²) in [5.74, 6) is 0.678. The van der Waals surface area contributed by atoms with Crippen molar-refractivity contribution < 1.29 is 0 Å². The first-order valence-electron chi connectivity index (χ1n) is 7.33. The van der Waals surface area contributed by atoms with Crippen molar-refractivity contribution in [2.45, 2.75) is 73.7 Å². The number of hydrogen-bond donors (Lipinski definition) is 0. The Labute approximate surface area is 127 Å². The van der Waals surface area contributed by atoms with Gasteiger partial charge in [0.05, 0.1) is 0 Å². The Balaban J connectivity index is 2.51. The zero-order chi connectivity index (χ0) is 14.3.